The molecular formula is C17H26N2O. The fourth-order valence-corrected chi connectivity index (χ4v) is 3.03. The molecular weight excluding hydrogens is 248 g/mol. The minimum atomic E-state index is 0.105. The Hall–Kier alpha value is -1.35. The van der Waals surface area contributed by atoms with Crippen LogP contribution in [-0.2, 0) is 11.2 Å². The van der Waals surface area contributed by atoms with Gasteiger partial charge in [-0.3, -0.25) is 4.79 Å². The van der Waals surface area contributed by atoms with Crippen LogP contribution in [0, 0.1) is 19.3 Å². The molecule has 1 aliphatic carbocycles. The molecule has 0 radical (unpaired) electrons. The molecule has 1 aromatic carbocycles. The van der Waals surface area contributed by atoms with Gasteiger partial charge in [-0.05, 0) is 55.3 Å². The van der Waals surface area contributed by atoms with Crippen molar-refractivity contribution in [2.45, 2.75) is 46.0 Å². The average Bonchev–Trinajstić information content (AvgIpc) is 2.90. The Morgan fingerprint density at radius 3 is 2.55 bits per heavy atom. The maximum atomic E-state index is 12.1. The molecule has 0 bridgehead atoms. The summed E-state index contributed by atoms with van der Waals surface area (Å²) in [5, 5.41) is 3.08. The normalized spacial score (nSPS) is 17.1. The Morgan fingerprint density at radius 1 is 1.25 bits per heavy atom. The largest absolute Gasteiger partial charge is 0.355 e. The highest BCUT2D eigenvalue weighted by molar-refractivity contribution is 5.78. The number of hydrogen-bond acceptors (Lipinski definition) is 2. The standard InChI is InChI=1S/C17H26N2O/c1-13-5-6-15(9-14(13)2)10-16(20)19-12-17(11-18)7-3-4-8-17/h5-6,9H,3-4,7-8,10-12,18H2,1-2H3,(H,19,20). The van der Waals surface area contributed by atoms with Gasteiger partial charge in [-0.1, -0.05) is 31.0 Å². The Bertz CT molecular complexity index is 476. The third-order valence-corrected chi connectivity index (χ3v) is 4.69. The van der Waals surface area contributed by atoms with Crippen molar-refractivity contribution in [2.24, 2.45) is 11.1 Å². The fraction of sp³-hybridized carbons (Fsp3) is 0.588. The topological polar surface area (TPSA) is 55.1 Å². The highest BCUT2D eigenvalue weighted by Crippen LogP contribution is 2.36. The first-order valence-corrected chi connectivity index (χ1v) is 7.58. The number of nitrogens with one attached hydrogen (secondary N) is 1. The molecule has 3 nitrogen and oxygen atoms in total. The maximum absolute atomic E-state index is 12.1. The maximum Gasteiger partial charge on any atom is 0.224 e. The van der Waals surface area contributed by atoms with Crippen LogP contribution in [0.5, 0.6) is 0 Å². The van der Waals surface area contributed by atoms with E-state index in [9.17, 15) is 4.79 Å². The van der Waals surface area contributed by atoms with Gasteiger partial charge in [0.05, 0.1) is 6.42 Å². The molecule has 20 heavy (non-hydrogen) atoms. The van der Waals surface area contributed by atoms with E-state index in [1.165, 1.54) is 24.0 Å². The molecule has 1 fully saturated rings. The van der Waals surface area contributed by atoms with Crippen molar-refractivity contribution in [1.29, 1.82) is 0 Å². The van der Waals surface area contributed by atoms with E-state index >= 15 is 0 Å². The van der Waals surface area contributed by atoms with Crippen molar-refractivity contribution in [3.8, 4) is 0 Å². The quantitative estimate of drug-likeness (QED) is 0.866. The second-order valence-electron chi connectivity index (χ2n) is 6.28. The molecule has 2 rings (SSSR count). The zero-order valence-electron chi connectivity index (χ0n) is 12.7. The van der Waals surface area contributed by atoms with Crippen LogP contribution in [0.15, 0.2) is 18.2 Å². The zero-order chi connectivity index (χ0) is 14.6. The van der Waals surface area contributed by atoms with Gasteiger partial charge in [-0.2, -0.15) is 0 Å². The van der Waals surface area contributed by atoms with Crippen LogP contribution >= 0.6 is 0 Å². The molecule has 0 spiro atoms. The summed E-state index contributed by atoms with van der Waals surface area (Å²) in [5.41, 5.74) is 9.63. The molecule has 1 aliphatic rings. The van der Waals surface area contributed by atoms with E-state index in [1.54, 1.807) is 0 Å². The van der Waals surface area contributed by atoms with Gasteiger partial charge in [-0.15, -0.1) is 0 Å². The highest BCUT2D eigenvalue weighted by Gasteiger charge is 2.32. The van der Waals surface area contributed by atoms with E-state index in [0.717, 1.165) is 24.9 Å². The molecule has 0 aliphatic heterocycles. The zero-order valence-corrected chi connectivity index (χ0v) is 12.7. The number of hydrogen-bond donors (Lipinski definition) is 2. The number of amides is 1. The second kappa shape index (κ2) is 6.40. The van der Waals surface area contributed by atoms with E-state index in [2.05, 4.69) is 31.3 Å². The molecule has 1 amide bonds. The lowest BCUT2D eigenvalue weighted by Gasteiger charge is -2.27. The molecule has 1 aromatic rings. The van der Waals surface area contributed by atoms with Crippen LogP contribution in [0.25, 0.3) is 0 Å². The van der Waals surface area contributed by atoms with Crippen LogP contribution in [0.4, 0.5) is 0 Å². The first-order chi connectivity index (χ1) is 9.54. The van der Waals surface area contributed by atoms with Crippen molar-refractivity contribution in [3.05, 3.63) is 34.9 Å². The molecule has 110 valence electrons. The Morgan fingerprint density at radius 2 is 1.95 bits per heavy atom. The Labute approximate surface area is 121 Å². The summed E-state index contributed by atoms with van der Waals surface area (Å²) in [6, 6.07) is 6.22. The molecule has 3 N–H and O–H groups in total. The van der Waals surface area contributed by atoms with Crippen LogP contribution in [0.2, 0.25) is 0 Å². The van der Waals surface area contributed by atoms with E-state index in [-0.39, 0.29) is 11.3 Å². The van der Waals surface area contributed by atoms with Gasteiger partial charge < -0.3 is 11.1 Å². The summed E-state index contributed by atoms with van der Waals surface area (Å²) in [7, 11) is 0. The minimum Gasteiger partial charge on any atom is -0.355 e. The van der Waals surface area contributed by atoms with Crippen molar-refractivity contribution in [3.63, 3.8) is 0 Å². The van der Waals surface area contributed by atoms with Gasteiger partial charge in [0.25, 0.3) is 0 Å². The first-order valence-electron chi connectivity index (χ1n) is 7.58. The second-order valence-corrected chi connectivity index (χ2v) is 6.28. The number of aryl methyl sites for hydroxylation is 2. The van der Waals surface area contributed by atoms with Crippen LogP contribution in [0.3, 0.4) is 0 Å². The van der Waals surface area contributed by atoms with E-state index in [4.69, 9.17) is 5.73 Å². The third kappa shape index (κ3) is 3.60. The summed E-state index contributed by atoms with van der Waals surface area (Å²) in [5.74, 6) is 0.105. The van der Waals surface area contributed by atoms with Crippen LogP contribution in [0.1, 0.15) is 42.4 Å². The smallest absolute Gasteiger partial charge is 0.224 e. The Kier molecular flexibility index (Phi) is 4.81. The van der Waals surface area contributed by atoms with Gasteiger partial charge in [0, 0.05) is 6.54 Å². The van der Waals surface area contributed by atoms with Crippen molar-refractivity contribution >= 4 is 5.91 Å². The molecule has 0 aromatic heterocycles. The summed E-state index contributed by atoms with van der Waals surface area (Å²) in [6.45, 7) is 5.58. The fourth-order valence-electron chi connectivity index (χ4n) is 3.03. The van der Waals surface area contributed by atoms with E-state index in [0.29, 0.717) is 13.0 Å². The molecule has 1 saturated carbocycles. The SMILES string of the molecule is Cc1ccc(CC(=O)NCC2(CN)CCCC2)cc1C. The van der Waals surface area contributed by atoms with E-state index in [1.807, 2.05) is 6.07 Å². The molecule has 0 atom stereocenters. The summed E-state index contributed by atoms with van der Waals surface area (Å²) >= 11 is 0. The van der Waals surface area contributed by atoms with Gasteiger partial charge in [0.15, 0.2) is 0 Å². The van der Waals surface area contributed by atoms with Gasteiger partial charge in [-0.25, -0.2) is 0 Å². The third-order valence-electron chi connectivity index (χ3n) is 4.69. The molecule has 0 unspecified atom stereocenters. The predicted molar refractivity (Wildman–Crippen MR) is 82.6 cm³/mol. The highest BCUT2D eigenvalue weighted by atomic mass is 16.1. The number of carbonyl (C=O) groups is 1. The summed E-state index contributed by atoms with van der Waals surface area (Å²) in [4.78, 5) is 12.1. The van der Waals surface area contributed by atoms with Gasteiger partial charge in [0.1, 0.15) is 0 Å². The van der Waals surface area contributed by atoms with Crippen molar-refractivity contribution in [2.75, 3.05) is 13.1 Å². The minimum absolute atomic E-state index is 0.105. The average molecular weight is 274 g/mol. The monoisotopic (exact) mass is 274 g/mol. The number of nitrogens with two attached hydrogens (primary N) is 1. The lowest BCUT2D eigenvalue weighted by molar-refractivity contribution is -0.120. The number of rotatable bonds is 5. The lowest BCUT2D eigenvalue weighted by atomic mass is 9.86. The van der Waals surface area contributed by atoms with Gasteiger partial charge >= 0.3 is 0 Å². The molecule has 0 heterocycles. The summed E-state index contributed by atoms with van der Waals surface area (Å²) < 4.78 is 0. The Balaban J connectivity index is 1.87. The van der Waals surface area contributed by atoms with Crippen molar-refractivity contribution < 1.29 is 4.79 Å². The molecule has 0 saturated heterocycles. The number of benzene rings is 1. The van der Waals surface area contributed by atoms with E-state index < -0.39 is 0 Å². The first kappa shape index (κ1) is 15.0. The summed E-state index contributed by atoms with van der Waals surface area (Å²) in [6.07, 6.45) is 5.23. The predicted octanol–water partition coefficient (Wildman–Crippen LogP) is 2.48. The van der Waals surface area contributed by atoms with Gasteiger partial charge in [0.2, 0.25) is 5.91 Å². The van der Waals surface area contributed by atoms with Crippen molar-refractivity contribution in [1.82, 2.24) is 5.32 Å². The number of carbonyl (C=O) groups excluding carboxylic acids is 1. The van der Waals surface area contributed by atoms with Crippen LogP contribution in [-0.4, -0.2) is 19.0 Å². The molecule has 3 heteroatoms. The van der Waals surface area contributed by atoms with Crippen LogP contribution < -0.4 is 11.1 Å². The lowest BCUT2D eigenvalue weighted by Crippen LogP contribution is -2.41.